The normalized spacial score (nSPS) is 15.8. The van der Waals surface area contributed by atoms with Crippen molar-refractivity contribution in [2.75, 3.05) is 13.1 Å². The molecule has 9 heteroatoms. The molecule has 0 aliphatic carbocycles. The molecule has 3 aromatic heterocycles. The molecule has 4 rings (SSSR count). The summed E-state index contributed by atoms with van der Waals surface area (Å²) < 4.78 is 11.1. The molecule has 1 aliphatic rings. The number of nitrogens with zero attached hydrogens (tertiary/aromatic N) is 4. The van der Waals surface area contributed by atoms with Crippen LogP contribution in [0.15, 0.2) is 29.0 Å². The predicted molar refractivity (Wildman–Crippen MR) is 86.8 cm³/mol. The number of H-pyrrole nitrogens is 1. The number of carboxylic acid groups (broad SMARTS) is 1. The van der Waals surface area contributed by atoms with Crippen LogP contribution < -0.4 is 0 Å². The molecular weight excluding hydrogens is 326 g/mol. The lowest BCUT2D eigenvalue weighted by atomic mass is 10.1. The summed E-state index contributed by atoms with van der Waals surface area (Å²) in [5.41, 5.74) is 1.63. The van der Waals surface area contributed by atoms with Gasteiger partial charge in [-0.25, -0.2) is 4.79 Å². The first-order valence-corrected chi connectivity index (χ1v) is 8.04. The standard InChI is InChI=1S/C16H17N5O4/c22-16(23)21-5-2-11(3-6-21)24-9-14-19-15(25-20-14)12-7-10-1-4-17-8-13(10)18-12/h1,4,7-8,11,18H,2-3,5-6,9H2,(H,22,23). The number of aromatic nitrogens is 4. The minimum atomic E-state index is -0.880. The zero-order valence-corrected chi connectivity index (χ0v) is 13.4. The number of amides is 1. The van der Waals surface area contributed by atoms with Crippen molar-refractivity contribution in [2.45, 2.75) is 25.6 Å². The number of likely N-dealkylation sites (tertiary alicyclic amines) is 1. The van der Waals surface area contributed by atoms with Gasteiger partial charge in [-0.15, -0.1) is 0 Å². The zero-order chi connectivity index (χ0) is 17.2. The van der Waals surface area contributed by atoms with Crippen LogP contribution in [-0.4, -0.2) is 55.4 Å². The Morgan fingerprint density at radius 1 is 1.44 bits per heavy atom. The zero-order valence-electron chi connectivity index (χ0n) is 13.4. The van der Waals surface area contributed by atoms with Crippen molar-refractivity contribution in [3.8, 4) is 11.6 Å². The topological polar surface area (TPSA) is 117 Å². The third-order valence-electron chi connectivity index (χ3n) is 4.28. The lowest BCUT2D eigenvalue weighted by Gasteiger charge is -2.29. The fourth-order valence-electron chi connectivity index (χ4n) is 2.92. The molecular formula is C16H17N5O4. The average molecular weight is 343 g/mol. The molecule has 0 aromatic carbocycles. The number of rotatable bonds is 4. The summed E-state index contributed by atoms with van der Waals surface area (Å²) in [7, 11) is 0. The van der Waals surface area contributed by atoms with Gasteiger partial charge >= 0.3 is 6.09 Å². The SMILES string of the molecule is O=C(O)N1CCC(OCc2noc(-c3cc4ccncc4[nH]3)n2)CC1. The quantitative estimate of drug-likeness (QED) is 0.746. The number of pyridine rings is 1. The summed E-state index contributed by atoms with van der Waals surface area (Å²) in [6.07, 6.45) is 3.94. The molecule has 4 heterocycles. The highest BCUT2D eigenvalue weighted by Crippen LogP contribution is 2.22. The smallest absolute Gasteiger partial charge is 0.407 e. The molecule has 0 saturated carbocycles. The van der Waals surface area contributed by atoms with Crippen molar-refractivity contribution in [2.24, 2.45) is 0 Å². The molecule has 0 spiro atoms. The van der Waals surface area contributed by atoms with Gasteiger partial charge in [-0.2, -0.15) is 4.98 Å². The fourth-order valence-corrected chi connectivity index (χ4v) is 2.92. The number of hydrogen-bond donors (Lipinski definition) is 2. The van der Waals surface area contributed by atoms with Crippen LogP contribution in [0.3, 0.4) is 0 Å². The summed E-state index contributed by atoms with van der Waals surface area (Å²) in [6.45, 7) is 1.21. The Morgan fingerprint density at radius 3 is 3.04 bits per heavy atom. The number of hydrogen-bond acceptors (Lipinski definition) is 6. The van der Waals surface area contributed by atoms with Crippen LogP contribution >= 0.6 is 0 Å². The molecule has 0 bridgehead atoms. The van der Waals surface area contributed by atoms with Crippen molar-refractivity contribution < 1.29 is 19.2 Å². The maximum Gasteiger partial charge on any atom is 0.407 e. The average Bonchev–Trinajstić information content (AvgIpc) is 3.26. The van der Waals surface area contributed by atoms with Crippen LogP contribution in [0.1, 0.15) is 18.7 Å². The first-order chi connectivity index (χ1) is 12.2. The van der Waals surface area contributed by atoms with Gasteiger partial charge in [0.05, 0.1) is 17.8 Å². The molecule has 130 valence electrons. The minimum absolute atomic E-state index is 0.0108. The Kier molecular flexibility index (Phi) is 4.06. The molecule has 9 nitrogen and oxygen atoms in total. The summed E-state index contributed by atoms with van der Waals surface area (Å²) in [4.78, 5) is 23.9. The van der Waals surface area contributed by atoms with Crippen molar-refractivity contribution in [3.63, 3.8) is 0 Å². The molecule has 2 N–H and O–H groups in total. The highest BCUT2D eigenvalue weighted by molar-refractivity contribution is 5.83. The predicted octanol–water partition coefficient (Wildman–Crippen LogP) is 2.27. The fraction of sp³-hybridized carbons (Fsp3) is 0.375. The summed E-state index contributed by atoms with van der Waals surface area (Å²) >= 11 is 0. The number of aromatic amines is 1. The van der Waals surface area contributed by atoms with E-state index in [9.17, 15) is 4.79 Å². The van der Waals surface area contributed by atoms with E-state index in [-0.39, 0.29) is 12.7 Å². The van der Waals surface area contributed by atoms with Crippen LogP contribution in [0.25, 0.3) is 22.5 Å². The van der Waals surface area contributed by atoms with Crippen molar-refractivity contribution >= 4 is 17.0 Å². The van der Waals surface area contributed by atoms with Gasteiger partial charge in [-0.3, -0.25) is 4.98 Å². The molecule has 25 heavy (non-hydrogen) atoms. The van der Waals surface area contributed by atoms with E-state index in [2.05, 4.69) is 20.1 Å². The molecule has 0 radical (unpaired) electrons. The van der Waals surface area contributed by atoms with Gasteiger partial charge in [0, 0.05) is 24.7 Å². The summed E-state index contributed by atoms with van der Waals surface area (Å²) in [5.74, 6) is 0.864. The number of fused-ring (bicyclic) bond motifs is 1. The van der Waals surface area contributed by atoms with E-state index in [1.165, 1.54) is 4.90 Å². The number of nitrogens with one attached hydrogen (secondary N) is 1. The molecule has 0 unspecified atom stereocenters. The summed E-state index contributed by atoms with van der Waals surface area (Å²) in [6, 6.07) is 3.83. The Hall–Kier alpha value is -2.94. The molecule has 3 aromatic rings. The number of ether oxygens (including phenoxy) is 1. The van der Waals surface area contributed by atoms with Gasteiger partial charge in [0.15, 0.2) is 5.82 Å². The second-order valence-corrected chi connectivity index (χ2v) is 5.94. The number of carbonyl (C=O) groups is 1. The highest BCUT2D eigenvalue weighted by atomic mass is 16.5. The van der Waals surface area contributed by atoms with Crippen molar-refractivity contribution in [3.05, 3.63) is 30.4 Å². The Bertz CT molecular complexity index is 848. The van der Waals surface area contributed by atoms with E-state index in [4.69, 9.17) is 14.4 Å². The molecule has 1 saturated heterocycles. The van der Waals surface area contributed by atoms with Crippen LogP contribution in [0.4, 0.5) is 4.79 Å². The van der Waals surface area contributed by atoms with E-state index in [0.29, 0.717) is 37.6 Å². The third-order valence-corrected chi connectivity index (χ3v) is 4.28. The van der Waals surface area contributed by atoms with E-state index in [1.807, 2.05) is 12.1 Å². The van der Waals surface area contributed by atoms with Gasteiger partial charge < -0.3 is 24.3 Å². The van der Waals surface area contributed by atoms with Gasteiger partial charge in [-0.05, 0) is 25.0 Å². The Labute approximate surface area is 142 Å². The lowest BCUT2D eigenvalue weighted by Crippen LogP contribution is -2.40. The maximum absolute atomic E-state index is 10.9. The van der Waals surface area contributed by atoms with E-state index < -0.39 is 6.09 Å². The lowest BCUT2D eigenvalue weighted by molar-refractivity contribution is -0.00294. The van der Waals surface area contributed by atoms with Crippen LogP contribution in [0.5, 0.6) is 0 Å². The van der Waals surface area contributed by atoms with Crippen LogP contribution in [0.2, 0.25) is 0 Å². The monoisotopic (exact) mass is 343 g/mol. The van der Waals surface area contributed by atoms with Crippen molar-refractivity contribution in [1.82, 2.24) is 25.0 Å². The first-order valence-electron chi connectivity index (χ1n) is 8.04. The minimum Gasteiger partial charge on any atom is -0.465 e. The van der Waals surface area contributed by atoms with Crippen LogP contribution in [-0.2, 0) is 11.3 Å². The molecule has 0 atom stereocenters. The highest BCUT2D eigenvalue weighted by Gasteiger charge is 2.23. The second kappa shape index (κ2) is 6.52. The van der Waals surface area contributed by atoms with Gasteiger partial charge in [0.1, 0.15) is 12.3 Å². The second-order valence-electron chi connectivity index (χ2n) is 5.94. The number of piperidine rings is 1. The molecule has 1 amide bonds. The van der Waals surface area contributed by atoms with E-state index in [1.54, 1.807) is 12.4 Å². The molecule has 1 aliphatic heterocycles. The first kappa shape index (κ1) is 15.6. The van der Waals surface area contributed by atoms with Gasteiger partial charge in [0.2, 0.25) is 0 Å². The van der Waals surface area contributed by atoms with E-state index in [0.717, 1.165) is 16.6 Å². The summed E-state index contributed by atoms with van der Waals surface area (Å²) in [5, 5.41) is 13.9. The Morgan fingerprint density at radius 2 is 2.28 bits per heavy atom. The van der Waals surface area contributed by atoms with Gasteiger partial charge in [-0.1, -0.05) is 5.16 Å². The Balaban J connectivity index is 1.36. The van der Waals surface area contributed by atoms with Gasteiger partial charge in [0.25, 0.3) is 5.89 Å². The van der Waals surface area contributed by atoms with E-state index >= 15 is 0 Å². The molecule has 1 fully saturated rings. The largest absolute Gasteiger partial charge is 0.465 e. The third kappa shape index (κ3) is 3.31. The van der Waals surface area contributed by atoms with Crippen molar-refractivity contribution in [1.29, 1.82) is 0 Å². The maximum atomic E-state index is 10.9. The van der Waals surface area contributed by atoms with Crippen LogP contribution in [0, 0.1) is 0 Å².